The van der Waals surface area contributed by atoms with Crippen LogP contribution in [-0.2, 0) is 0 Å². The minimum Gasteiger partial charge on any atom is -0.354 e. The van der Waals surface area contributed by atoms with E-state index in [0.29, 0.717) is 0 Å². The van der Waals surface area contributed by atoms with Crippen LogP contribution >= 0.6 is 11.8 Å². The molecule has 0 fully saturated rings. The second-order valence-electron chi connectivity index (χ2n) is 12.5. The zero-order valence-corrected chi connectivity index (χ0v) is 28.1. The van der Waals surface area contributed by atoms with Gasteiger partial charge >= 0.3 is 0 Å². The molecule has 2 nitrogen and oxygen atoms in total. The molecule has 0 amide bonds. The Morgan fingerprint density at radius 1 is 0.360 bits per heavy atom. The molecule has 0 aliphatic rings. The Balaban J connectivity index is 1.16. The molecule has 0 aliphatic carbocycles. The third-order valence-corrected chi connectivity index (χ3v) is 10.2. The molecule has 0 spiro atoms. The van der Waals surface area contributed by atoms with Gasteiger partial charge in [0, 0.05) is 26.7 Å². The van der Waals surface area contributed by atoms with Crippen molar-refractivity contribution in [3.05, 3.63) is 188 Å². The lowest BCUT2D eigenvalue weighted by Gasteiger charge is -2.12. The predicted molar refractivity (Wildman–Crippen MR) is 211 cm³/mol. The molecular formula is C47H32N2S. The van der Waals surface area contributed by atoms with Crippen molar-refractivity contribution in [1.29, 1.82) is 0 Å². The van der Waals surface area contributed by atoms with Crippen LogP contribution in [0.3, 0.4) is 0 Å². The Labute approximate surface area is 296 Å². The smallest absolute Gasteiger partial charge is 0.102 e. The summed E-state index contributed by atoms with van der Waals surface area (Å²) in [6, 6.07) is 66.9. The second kappa shape index (κ2) is 13.0. The van der Waals surface area contributed by atoms with Gasteiger partial charge in [0.05, 0.1) is 11.2 Å². The number of pyridine rings is 1. The van der Waals surface area contributed by atoms with Gasteiger partial charge in [-0.3, -0.25) is 0 Å². The van der Waals surface area contributed by atoms with Crippen molar-refractivity contribution in [2.45, 2.75) is 9.92 Å². The molecule has 0 aliphatic heterocycles. The quantitative estimate of drug-likeness (QED) is 0.185. The molecule has 236 valence electrons. The number of nitrogens with zero attached hydrogens (tertiary/aromatic N) is 1. The molecule has 3 heteroatoms. The van der Waals surface area contributed by atoms with Crippen molar-refractivity contribution in [3.63, 3.8) is 0 Å². The van der Waals surface area contributed by atoms with Crippen LogP contribution < -0.4 is 0 Å². The van der Waals surface area contributed by atoms with Gasteiger partial charge < -0.3 is 4.98 Å². The topological polar surface area (TPSA) is 28.7 Å². The summed E-state index contributed by atoms with van der Waals surface area (Å²) >= 11 is 1.71. The monoisotopic (exact) mass is 656 g/mol. The third kappa shape index (κ3) is 5.89. The highest BCUT2D eigenvalue weighted by molar-refractivity contribution is 7.99. The number of H-pyrrole nitrogens is 1. The first-order valence-corrected chi connectivity index (χ1v) is 17.7. The SMILES string of the molecule is c1ccc(-c2cc(-c3ccccc3)cc(-c3cccc(Sc4cc(-c5ccccc5)cc5c4[nH]c4ccc(-c6ccccc6)cc45)n3)c2)cc1. The fraction of sp³-hybridized carbons (Fsp3) is 0. The normalized spacial score (nSPS) is 11.3. The van der Waals surface area contributed by atoms with Gasteiger partial charge in [0.2, 0.25) is 0 Å². The summed E-state index contributed by atoms with van der Waals surface area (Å²) in [6.07, 6.45) is 0. The lowest BCUT2D eigenvalue weighted by atomic mass is 9.95. The van der Waals surface area contributed by atoms with Gasteiger partial charge in [0.1, 0.15) is 5.03 Å². The average molecular weight is 657 g/mol. The molecule has 0 saturated heterocycles. The van der Waals surface area contributed by atoms with Gasteiger partial charge in [-0.2, -0.15) is 0 Å². The zero-order chi connectivity index (χ0) is 33.3. The standard InChI is InChI=1S/C47H32N2S/c1-5-14-32(15-6-1)36-24-25-44-41(29-36)42-30-39(35-20-11-4-12-21-35)31-45(47(42)49-44)50-46-23-13-22-43(48-46)40-27-37(33-16-7-2-8-17-33)26-38(28-40)34-18-9-3-10-19-34/h1-31,49H. The van der Waals surface area contributed by atoms with Crippen molar-refractivity contribution in [3.8, 4) is 55.8 Å². The highest BCUT2D eigenvalue weighted by atomic mass is 32.2. The van der Waals surface area contributed by atoms with E-state index in [0.717, 1.165) is 32.2 Å². The van der Waals surface area contributed by atoms with Crippen LogP contribution in [-0.4, -0.2) is 9.97 Å². The van der Waals surface area contributed by atoms with Crippen molar-refractivity contribution >= 4 is 33.6 Å². The van der Waals surface area contributed by atoms with E-state index in [4.69, 9.17) is 4.98 Å². The van der Waals surface area contributed by atoms with E-state index < -0.39 is 0 Å². The largest absolute Gasteiger partial charge is 0.354 e. The molecule has 2 heterocycles. The molecule has 0 saturated carbocycles. The number of aromatic amines is 1. The van der Waals surface area contributed by atoms with Crippen molar-refractivity contribution < 1.29 is 0 Å². The molecule has 2 aromatic heterocycles. The van der Waals surface area contributed by atoms with Crippen LogP contribution in [0.5, 0.6) is 0 Å². The minimum atomic E-state index is 0.948. The number of hydrogen-bond acceptors (Lipinski definition) is 2. The molecule has 7 aromatic carbocycles. The van der Waals surface area contributed by atoms with Crippen LogP contribution in [0.1, 0.15) is 0 Å². The van der Waals surface area contributed by atoms with Gasteiger partial charge in [-0.1, -0.05) is 145 Å². The lowest BCUT2D eigenvalue weighted by Crippen LogP contribution is -1.90. The minimum absolute atomic E-state index is 0.948. The summed E-state index contributed by atoms with van der Waals surface area (Å²) in [5.74, 6) is 0. The molecule has 0 atom stereocenters. The van der Waals surface area contributed by atoms with Gasteiger partial charge in [-0.25, -0.2) is 4.98 Å². The van der Waals surface area contributed by atoms with Crippen LogP contribution in [0.25, 0.3) is 77.6 Å². The number of rotatable bonds is 7. The van der Waals surface area contributed by atoms with E-state index in [9.17, 15) is 0 Å². The third-order valence-electron chi connectivity index (χ3n) is 9.27. The zero-order valence-electron chi connectivity index (χ0n) is 27.3. The molecule has 50 heavy (non-hydrogen) atoms. The van der Waals surface area contributed by atoms with Gasteiger partial charge in [-0.05, 0) is 99.1 Å². The molecule has 1 N–H and O–H groups in total. The van der Waals surface area contributed by atoms with Crippen molar-refractivity contribution in [1.82, 2.24) is 9.97 Å². The molecule has 0 unspecified atom stereocenters. The van der Waals surface area contributed by atoms with E-state index in [1.807, 2.05) is 0 Å². The molecule has 9 rings (SSSR count). The molecule has 0 radical (unpaired) electrons. The maximum Gasteiger partial charge on any atom is 0.102 e. The summed E-state index contributed by atoms with van der Waals surface area (Å²) in [7, 11) is 0. The van der Waals surface area contributed by atoms with Crippen LogP contribution in [0.15, 0.2) is 198 Å². The summed E-state index contributed by atoms with van der Waals surface area (Å²) in [4.78, 5) is 10.2. The first-order chi connectivity index (χ1) is 24.7. The number of nitrogens with one attached hydrogen (secondary N) is 1. The summed E-state index contributed by atoms with van der Waals surface area (Å²) in [6.45, 7) is 0. The fourth-order valence-electron chi connectivity index (χ4n) is 6.77. The summed E-state index contributed by atoms with van der Waals surface area (Å²) < 4.78 is 0. The van der Waals surface area contributed by atoms with Gasteiger partial charge in [-0.15, -0.1) is 0 Å². The molecule has 9 aromatic rings. The number of hydrogen-bond donors (Lipinski definition) is 1. The number of benzene rings is 7. The maximum atomic E-state index is 5.27. The summed E-state index contributed by atoms with van der Waals surface area (Å²) in [5, 5.41) is 3.37. The maximum absolute atomic E-state index is 5.27. The first-order valence-electron chi connectivity index (χ1n) is 16.9. The Bertz CT molecular complexity index is 2540. The second-order valence-corrected chi connectivity index (χ2v) is 13.6. The van der Waals surface area contributed by atoms with Crippen LogP contribution in [0, 0.1) is 0 Å². The van der Waals surface area contributed by atoms with Crippen LogP contribution in [0.4, 0.5) is 0 Å². The van der Waals surface area contributed by atoms with Crippen LogP contribution in [0.2, 0.25) is 0 Å². The summed E-state index contributed by atoms with van der Waals surface area (Å²) in [5.41, 5.74) is 13.8. The molecule has 0 bridgehead atoms. The highest BCUT2D eigenvalue weighted by Crippen LogP contribution is 2.41. The highest BCUT2D eigenvalue weighted by Gasteiger charge is 2.15. The lowest BCUT2D eigenvalue weighted by molar-refractivity contribution is 1.14. The first kappa shape index (κ1) is 29.9. The Kier molecular flexibility index (Phi) is 7.81. The van der Waals surface area contributed by atoms with E-state index >= 15 is 0 Å². The van der Waals surface area contributed by atoms with Gasteiger partial charge in [0.25, 0.3) is 0 Å². The van der Waals surface area contributed by atoms with E-state index in [1.54, 1.807) is 11.8 Å². The number of aromatic nitrogens is 2. The van der Waals surface area contributed by atoms with Crippen molar-refractivity contribution in [2.24, 2.45) is 0 Å². The van der Waals surface area contributed by atoms with E-state index in [1.165, 1.54) is 55.3 Å². The average Bonchev–Trinajstić information content (AvgIpc) is 3.57. The number of fused-ring (bicyclic) bond motifs is 3. The Morgan fingerprint density at radius 2 is 0.860 bits per heavy atom. The van der Waals surface area contributed by atoms with Crippen molar-refractivity contribution in [2.75, 3.05) is 0 Å². The van der Waals surface area contributed by atoms with E-state index in [2.05, 4.69) is 193 Å². The van der Waals surface area contributed by atoms with Gasteiger partial charge in [0.15, 0.2) is 0 Å². The fourth-order valence-corrected chi connectivity index (χ4v) is 7.74. The Hall–Kier alpha value is -6.16. The van der Waals surface area contributed by atoms with E-state index in [-0.39, 0.29) is 0 Å². The predicted octanol–water partition coefficient (Wildman–Crippen LogP) is 13.2. The molecular weight excluding hydrogens is 625 g/mol. The Morgan fingerprint density at radius 3 is 1.44 bits per heavy atom.